The first kappa shape index (κ1) is 17.5. The fourth-order valence-corrected chi connectivity index (χ4v) is 3.80. The fourth-order valence-electron chi connectivity index (χ4n) is 2.31. The summed E-state index contributed by atoms with van der Waals surface area (Å²) in [5.74, 6) is 1.73. The molecule has 0 aliphatic heterocycles. The minimum atomic E-state index is 0.332. The van der Waals surface area contributed by atoms with Crippen molar-refractivity contribution in [1.82, 2.24) is 24.7 Å². The summed E-state index contributed by atoms with van der Waals surface area (Å²) in [6.45, 7) is 3.92. The van der Waals surface area contributed by atoms with E-state index in [0.717, 1.165) is 28.1 Å². The first-order valence-electron chi connectivity index (χ1n) is 7.62. The Labute approximate surface area is 154 Å². The van der Waals surface area contributed by atoms with Gasteiger partial charge >= 0.3 is 0 Å². The average Bonchev–Trinajstić information content (AvgIpc) is 3.01. The van der Waals surface area contributed by atoms with E-state index in [4.69, 9.17) is 5.26 Å². The highest BCUT2D eigenvalue weighted by Crippen LogP contribution is 2.26. The number of nitrogens with zero attached hydrogens (tertiary/aromatic N) is 6. The predicted molar refractivity (Wildman–Crippen MR) is 98.8 cm³/mol. The lowest BCUT2D eigenvalue weighted by Gasteiger charge is -2.09. The van der Waals surface area contributed by atoms with Crippen molar-refractivity contribution in [2.24, 2.45) is 0 Å². The zero-order valence-corrected chi connectivity index (χ0v) is 15.5. The van der Waals surface area contributed by atoms with Crippen LogP contribution in [0.25, 0.3) is 5.69 Å². The molecule has 25 heavy (non-hydrogen) atoms. The molecule has 0 amide bonds. The molecule has 0 radical (unpaired) electrons. The second-order valence-electron chi connectivity index (χ2n) is 5.24. The van der Waals surface area contributed by atoms with Gasteiger partial charge in [0.15, 0.2) is 10.3 Å². The minimum Gasteiger partial charge on any atom is -0.273 e. The van der Waals surface area contributed by atoms with Crippen LogP contribution in [0.4, 0.5) is 0 Å². The van der Waals surface area contributed by atoms with Crippen molar-refractivity contribution < 1.29 is 0 Å². The average molecular weight is 368 g/mol. The highest BCUT2D eigenvalue weighted by atomic mass is 32.2. The van der Waals surface area contributed by atoms with Crippen LogP contribution in [0.3, 0.4) is 0 Å². The van der Waals surface area contributed by atoms with Gasteiger partial charge in [-0.1, -0.05) is 41.7 Å². The van der Waals surface area contributed by atoms with Crippen molar-refractivity contribution in [3.63, 3.8) is 0 Å². The van der Waals surface area contributed by atoms with Crippen LogP contribution in [-0.2, 0) is 5.75 Å². The van der Waals surface area contributed by atoms with Gasteiger partial charge in [-0.25, -0.2) is 9.97 Å². The summed E-state index contributed by atoms with van der Waals surface area (Å²) in [6, 6.07) is 14.0. The van der Waals surface area contributed by atoms with Crippen molar-refractivity contribution >= 4 is 23.5 Å². The molecule has 0 spiro atoms. The quantitative estimate of drug-likeness (QED) is 0.486. The molecule has 6 nitrogen and oxygen atoms in total. The molecule has 0 unspecified atom stereocenters. The number of hydrogen-bond donors (Lipinski definition) is 0. The molecule has 3 rings (SSSR count). The van der Waals surface area contributed by atoms with Gasteiger partial charge in [-0.05, 0) is 32.0 Å². The topological polar surface area (TPSA) is 80.3 Å². The summed E-state index contributed by atoms with van der Waals surface area (Å²) in [5.41, 5.74) is 2.87. The molecule has 0 N–H and O–H groups in total. The maximum atomic E-state index is 8.85. The Bertz CT molecular complexity index is 881. The Morgan fingerprint density at radius 3 is 2.44 bits per heavy atom. The summed E-state index contributed by atoms with van der Waals surface area (Å²) >= 11 is 2.91. The van der Waals surface area contributed by atoms with Gasteiger partial charge < -0.3 is 0 Å². The predicted octanol–water partition coefficient (Wildman–Crippen LogP) is 3.58. The smallest absolute Gasteiger partial charge is 0.196 e. The number of thioether (sulfide) groups is 2. The van der Waals surface area contributed by atoms with Crippen LogP contribution in [0.15, 0.2) is 46.7 Å². The van der Waals surface area contributed by atoms with E-state index in [1.54, 1.807) is 0 Å². The number of benzene rings is 1. The van der Waals surface area contributed by atoms with Gasteiger partial charge in [-0.3, -0.25) is 4.57 Å². The molecule has 0 aliphatic rings. The second kappa shape index (κ2) is 8.14. The second-order valence-corrected chi connectivity index (χ2v) is 7.12. The summed E-state index contributed by atoms with van der Waals surface area (Å²) in [6.07, 6.45) is 0. The summed E-state index contributed by atoms with van der Waals surface area (Å²) in [4.78, 5) is 8.91. The van der Waals surface area contributed by atoms with E-state index in [1.807, 2.05) is 54.8 Å². The molecule has 2 aromatic heterocycles. The van der Waals surface area contributed by atoms with Gasteiger partial charge in [0.25, 0.3) is 0 Å². The number of hydrogen-bond acceptors (Lipinski definition) is 7. The zero-order chi connectivity index (χ0) is 17.6. The molecular weight excluding hydrogens is 352 g/mol. The molecule has 3 aromatic rings. The summed E-state index contributed by atoms with van der Waals surface area (Å²) in [5, 5.41) is 18.9. The van der Waals surface area contributed by atoms with Gasteiger partial charge in [-0.2, -0.15) is 5.26 Å². The minimum absolute atomic E-state index is 0.332. The van der Waals surface area contributed by atoms with E-state index in [-0.39, 0.29) is 0 Å². The first-order chi connectivity index (χ1) is 12.2. The number of aromatic nitrogens is 5. The zero-order valence-electron chi connectivity index (χ0n) is 13.9. The van der Waals surface area contributed by atoms with E-state index in [0.29, 0.717) is 16.7 Å². The molecular formula is C17H16N6S2. The Kier molecular flexibility index (Phi) is 5.68. The standard InChI is InChI=1S/C17H16N6S2/c1-12-10-13(2)20-16(19-12)25-11-15-21-22-17(24-9-8-18)23(15)14-6-4-3-5-7-14/h3-7,10H,9,11H2,1-2H3. The van der Waals surface area contributed by atoms with Crippen LogP contribution in [0.1, 0.15) is 17.2 Å². The van der Waals surface area contributed by atoms with Crippen molar-refractivity contribution in [2.75, 3.05) is 5.75 Å². The molecule has 8 heteroatoms. The maximum absolute atomic E-state index is 8.85. The van der Waals surface area contributed by atoms with Crippen molar-refractivity contribution in [1.29, 1.82) is 5.26 Å². The molecule has 1 aromatic carbocycles. The number of aryl methyl sites for hydroxylation is 2. The molecule has 2 heterocycles. The number of rotatable bonds is 6. The lowest BCUT2D eigenvalue weighted by molar-refractivity contribution is 0.862. The normalized spacial score (nSPS) is 10.6. The molecule has 0 atom stereocenters. The lowest BCUT2D eigenvalue weighted by Crippen LogP contribution is -2.02. The molecule has 0 aliphatic carbocycles. The van der Waals surface area contributed by atoms with E-state index >= 15 is 0 Å². The molecule has 0 saturated carbocycles. The van der Waals surface area contributed by atoms with Gasteiger partial charge in [0.05, 0.1) is 17.6 Å². The summed E-state index contributed by atoms with van der Waals surface area (Å²) < 4.78 is 1.98. The highest BCUT2D eigenvalue weighted by molar-refractivity contribution is 7.99. The summed E-state index contributed by atoms with van der Waals surface area (Å²) in [7, 11) is 0. The lowest BCUT2D eigenvalue weighted by atomic mass is 10.3. The van der Waals surface area contributed by atoms with Crippen LogP contribution in [-0.4, -0.2) is 30.5 Å². The number of nitriles is 1. The molecule has 126 valence electrons. The Morgan fingerprint density at radius 1 is 1.04 bits per heavy atom. The Balaban J connectivity index is 1.88. The third-order valence-corrected chi connectivity index (χ3v) is 4.91. The molecule has 0 bridgehead atoms. The Hall–Kier alpha value is -2.37. The number of para-hydroxylation sites is 1. The fraction of sp³-hybridized carbons (Fsp3) is 0.235. The van der Waals surface area contributed by atoms with Crippen molar-refractivity contribution in [3.05, 3.63) is 53.6 Å². The maximum Gasteiger partial charge on any atom is 0.196 e. The van der Waals surface area contributed by atoms with Crippen LogP contribution in [0.5, 0.6) is 0 Å². The molecule has 0 fully saturated rings. The Morgan fingerprint density at radius 2 is 1.76 bits per heavy atom. The van der Waals surface area contributed by atoms with Gasteiger partial charge in [0.1, 0.15) is 5.82 Å². The van der Waals surface area contributed by atoms with E-state index < -0.39 is 0 Å². The van der Waals surface area contributed by atoms with Gasteiger partial charge in [0.2, 0.25) is 0 Å². The van der Waals surface area contributed by atoms with Crippen molar-refractivity contribution in [3.8, 4) is 11.8 Å². The SMILES string of the molecule is Cc1cc(C)nc(SCc2nnc(SCC#N)n2-c2ccccc2)n1. The van der Waals surface area contributed by atoms with Gasteiger partial charge in [-0.15, -0.1) is 10.2 Å². The van der Waals surface area contributed by atoms with E-state index in [2.05, 4.69) is 26.2 Å². The third kappa shape index (κ3) is 4.38. The van der Waals surface area contributed by atoms with Crippen LogP contribution in [0.2, 0.25) is 0 Å². The third-order valence-electron chi connectivity index (χ3n) is 3.27. The van der Waals surface area contributed by atoms with Crippen LogP contribution in [0, 0.1) is 25.2 Å². The largest absolute Gasteiger partial charge is 0.273 e. The van der Waals surface area contributed by atoms with E-state index in [1.165, 1.54) is 23.5 Å². The van der Waals surface area contributed by atoms with Crippen LogP contribution >= 0.6 is 23.5 Å². The van der Waals surface area contributed by atoms with Crippen molar-refractivity contribution in [2.45, 2.75) is 29.9 Å². The monoisotopic (exact) mass is 368 g/mol. The molecule has 0 saturated heterocycles. The van der Waals surface area contributed by atoms with E-state index in [9.17, 15) is 0 Å². The highest BCUT2D eigenvalue weighted by Gasteiger charge is 2.15. The first-order valence-corrected chi connectivity index (χ1v) is 9.59. The van der Waals surface area contributed by atoms with Crippen LogP contribution < -0.4 is 0 Å². The van der Waals surface area contributed by atoms with Gasteiger partial charge in [0, 0.05) is 17.1 Å².